The zero-order chi connectivity index (χ0) is 14.8. The van der Waals surface area contributed by atoms with Crippen molar-refractivity contribution in [3.63, 3.8) is 0 Å². The summed E-state index contributed by atoms with van der Waals surface area (Å²) in [5.41, 5.74) is -0.533. The van der Waals surface area contributed by atoms with Crippen molar-refractivity contribution in [1.29, 1.82) is 0 Å². The number of rotatable bonds is 2. The van der Waals surface area contributed by atoms with Gasteiger partial charge in [0, 0.05) is 12.6 Å². The molecule has 5 nitrogen and oxygen atoms in total. The van der Waals surface area contributed by atoms with E-state index in [4.69, 9.17) is 4.74 Å². The van der Waals surface area contributed by atoms with Gasteiger partial charge in [-0.3, -0.25) is 4.79 Å². The fraction of sp³-hybridized carbons (Fsp3) is 0.867. The van der Waals surface area contributed by atoms with E-state index in [1.807, 2.05) is 25.7 Å². The molecule has 2 fully saturated rings. The highest BCUT2D eigenvalue weighted by atomic mass is 16.6. The first-order chi connectivity index (χ1) is 9.37. The third-order valence-corrected chi connectivity index (χ3v) is 3.95. The number of hydrogen-bond donors (Lipinski definition) is 1. The molecule has 2 rings (SSSR count). The van der Waals surface area contributed by atoms with Gasteiger partial charge in [-0.2, -0.15) is 0 Å². The van der Waals surface area contributed by atoms with Crippen LogP contribution in [0, 0.1) is 0 Å². The van der Waals surface area contributed by atoms with Crippen LogP contribution in [-0.2, 0) is 9.53 Å². The molecule has 0 radical (unpaired) electrons. The Labute approximate surface area is 121 Å². The molecule has 2 aliphatic rings. The average Bonchev–Trinajstić information content (AvgIpc) is 2.70. The highest BCUT2D eigenvalue weighted by molar-refractivity contribution is 5.87. The topological polar surface area (TPSA) is 58.6 Å². The lowest BCUT2D eigenvalue weighted by Crippen LogP contribution is -2.46. The van der Waals surface area contributed by atoms with Crippen molar-refractivity contribution in [2.75, 3.05) is 6.54 Å². The predicted octanol–water partition coefficient (Wildman–Crippen LogP) is 2.44. The van der Waals surface area contributed by atoms with Gasteiger partial charge >= 0.3 is 6.09 Å². The summed E-state index contributed by atoms with van der Waals surface area (Å²) in [6.07, 6.45) is 6.08. The first kappa shape index (κ1) is 15.1. The summed E-state index contributed by atoms with van der Waals surface area (Å²) in [6.45, 7) is 6.20. The normalized spacial score (nSPS) is 24.9. The van der Waals surface area contributed by atoms with Gasteiger partial charge in [-0.1, -0.05) is 19.3 Å². The minimum atomic E-state index is -0.533. The number of alkyl carbamates (subject to hydrolysis) is 1. The van der Waals surface area contributed by atoms with Gasteiger partial charge < -0.3 is 15.0 Å². The van der Waals surface area contributed by atoms with E-state index < -0.39 is 17.7 Å². The van der Waals surface area contributed by atoms with Crippen LogP contribution in [0.1, 0.15) is 59.3 Å². The number of nitrogens with one attached hydrogen (secondary N) is 1. The second kappa shape index (κ2) is 6.02. The van der Waals surface area contributed by atoms with Crippen LogP contribution in [0.2, 0.25) is 0 Å². The molecule has 1 aliphatic carbocycles. The van der Waals surface area contributed by atoms with Crippen molar-refractivity contribution in [2.24, 2.45) is 0 Å². The molecular weight excluding hydrogens is 256 g/mol. The van der Waals surface area contributed by atoms with Gasteiger partial charge in [-0.25, -0.2) is 4.79 Å². The van der Waals surface area contributed by atoms with Gasteiger partial charge in [0.15, 0.2) is 0 Å². The minimum Gasteiger partial charge on any atom is -0.444 e. The van der Waals surface area contributed by atoms with Crippen molar-refractivity contribution in [2.45, 2.75) is 77.0 Å². The number of ether oxygens (including phenoxy) is 1. The fourth-order valence-electron chi connectivity index (χ4n) is 3.04. The summed E-state index contributed by atoms with van der Waals surface area (Å²) in [7, 11) is 0. The molecule has 5 heteroatoms. The maximum Gasteiger partial charge on any atom is 0.408 e. The molecule has 1 heterocycles. The quantitative estimate of drug-likeness (QED) is 0.846. The summed E-state index contributed by atoms with van der Waals surface area (Å²) in [5.74, 6) is 0.0581. The van der Waals surface area contributed by atoms with Crippen LogP contribution in [0.3, 0.4) is 0 Å². The van der Waals surface area contributed by atoms with Crippen LogP contribution in [0.5, 0.6) is 0 Å². The highest BCUT2D eigenvalue weighted by Crippen LogP contribution is 2.26. The van der Waals surface area contributed by atoms with E-state index in [1.165, 1.54) is 19.3 Å². The molecule has 1 atom stereocenters. The highest BCUT2D eigenvalue weighted by Gasteiger charge is 2.37. The zero-order valence-corrected chi connectivity index (χ0v) is 12.8. The molecule has 2 amide bonds. The number of hydrogen-bond acceptors (Lipinski definition) is 3. The van der Waals surface area contributed by atoms with Crippen molar-refractivity contribution in [1.82, 2.24) is 10.2 Å². The predicted molar refractivity (Wildman–Crippen MR) is 76.4 cm³/mol. The van der Waals surface area contributed by atoms with E-state index in [0.717, 1.165) is 19.4 Å². The number of likely N-dealkylation sites (tertiary alicyclic amines) is 1. The molecule has 0 aromatic carbocycles. The smallest absolute Gasteiger partial charge is 0.408 e. The second-order valence-corrected chi connectivity index (χ2v) is 6.81. The average molecular weight is 282 g/mol. The molecule has 0 spiro atoms. The van der Waals surface area contributed by atoms with Crippen LogP contribution >= 0.6 is 0 Å². The maximum absolute atomic E-state index is 12.4. The summed E-state index contributed by atoms with van der Waals surface area (Å²) in [4.78, 5) is 26.1. The third kappa shape index (κ3) is 3.87. The maximum atomic E-state index is 12.4. The Morgan fingerprint density at radius 2 is 1.85 bits per heavy atom. The lowest BCUT2D eigenvalue weighted by Gasteiger charge is -2.31. The van der Waals surface area contributed by atoms with E-state index in [9.17, 15) is 9.59 Å². The van der Waals surface area contributed by atoms with Crippen LogP contribution in [0.4, 0.5) is 4.79 Å². The second-order valence-electron chi connectivity index (χ2n) is 6.81. The van der Waals surface area contributed by atoms with E-state index in [2.05, 4.69) is 5.32 Å². The summed E-state index contributed by atoms with van der Waals surface area (Å²) in [5, 5.41) is 2.70. The number of nitrogens with zero attached hydrogens (tertiary/aromatic N) is 1. The van der Waals surface area contributed by atoms with Gasteiger partial charge in [0.2, 0.25) is 5.91 Å². The SMILES string of the molecule is CC(C)(C)OC(=O)N[C@H]1CCN(C2CCCCC2)C1=O. The molecule has 1 N–H and O–H groups in total. The Morgan fingerprint density at radius 1 is 1.20 bits per heavy atom. The first-order valence-corrected chi connectivity index (χ1v) is 7.67. The molecule has 20 heavy (non-hydrogen) atoms. The van der Waals surface area contributed by atoms with Gasteiger partial charge in [0.1, 0.15) is 11.6 Å². The number of amides is 2. The molecule has 0 aromatic rings. The van der Waals surface area contributed by atoms with E-state index in [1.54, 1.807) is 0 Å². The Hall–Kier alpha value is -1.26. The van der Waals surface area contributed by atoms with E-state index in [-0.39, 0.29) is 5.91 Å². The largest absolute Gasteiger partial charge is 0.444 e. The molecule has 1 saturated heterocycles. The number of carbonyl (C=O) groups excluding carboxylic acids is 2. The lowest BCUT2D eigenvalue weighted by molar-refractivity contribution is -0.131. The molecule has 1 saturated carbocycles. The molecule has 0 unspecified atom stereocenters. The molecular formula is C15H26N2O3. The van der Waals surface area contributed by atoms with Gasteiger partial charge in [-0.15, -0.1) is 0 Å². The Bertz CT molecular complexity index is 370. The zero-order valence-electron chi connectivity index (χ0n) is 12.8. The monoisotopic (exact) mass is 282 g/mol. The van der Waals surface area contributed by atoms with Crippen LogP contribution in [-0.4, -0.2) is 41.1 Å². The van der Waals surface area contributed by atoms with Crippen molar-refractivity contribution >= 4 is 12.0 Å². The van der Waals surface area contributed by atoms with E-state index >= 15 is 0 Å². The Morgan fingerprint density at radius 3 is 2.45 bits per heavy atom. The van der Waals surface area contributed by atoms with Crippen molar-refractivity contribution in [3.05, 3.63) is 0 Å². The lowest BCUT2D eigenvalue weighted by atomic mass is 9.94. The molecule has 114 valence electrons. The fourth-order valence-corrected chi connectivity index (χ4v) is 3.04. The molecule has 0 aromatic heterocycles. The van der Waals surface area contributed by atoms with Gasteiger partial charge in [-0.05, 0) is 40.0 Å². The Balaban J connectivity index is 1.86. The molecule has 0 bridgehead atoms. The summed E-state index contributed by atoms with van der Waals surface area (Å²) >= 11 is 0. The van der Waals surface area contributed by atoms with Crippen molar-refractivity contribution in [3.8, 4) is 0 Å². The standard InChI is InChI=1S/C15H26N2O3/c1-15(2,3)20-14(19)16-12-9-10-17(13(12)18)11-7-5-4-6-8-11/h11-12H,4-10H2,1-3H3,(H,16,19)/t12-/m0/s1. The number of carbonyl (C=O) groups is 2. The molecule has 1 aliphatic heterocycles. The van der Waals surface area contributed by atoms with E-state index in [0.29, 0.717) is 12.5 Å². The van der Waals surface area contributed by atoms with Crippen LogP contribution < -0.4 is 5.32 Å². The van der Waals surface area contributed by atoms with Gasteiger partial charge in [0.25, 0.3) is 0 Å². The first-order valence-electron chi connectivity index (χ1n) is 7.67. The van der Waals surface area contributed by atoms with Crippen molar-refractivity contribution < 1.29 is 14.3 Å². The van der Waals surface area contributed by atoms with Gasteiger partial charge in [0.05, 0.1) is 0 Å². The minimum absolute atomic E-state index is 0.0581. The van der Waals surface area contributed by atoms with Crippen LogP contribution in [0.25, 0.3) is 0 Å². The van der Waals surface area contributed by atoms with Crippen LogP contribution in [0.15, 0.2) is 0 Å². The summed E-state index contributed by atoms with van der Waals surface area (Å²) in [6, 6.07) is -0.0338. The summed E-state index contributed by atoms with van der Waals surface area (Å²) < 4.78 is 5.21. The Kier molecular flexibility index (Phi) is 4.55. The third-order valence-electron chi connectivity index (χ3n) is 3.95.